The van der Waals surface area contributed by atoms with Crippen LogP contribution in [0.3, 0.4) is 0 Å². The van der Waals surface area contributed by atoms with Crippen molar-refractivity contribution in [3.05, 3.63) is 46.8 Å². The molecule has 18 heavy (non-hydrogen) atoms. The maximum atomic E-state index is 6.02. The Hall–Kier alpha value is -1.45. The lowest BCUT2D eigenvalue weighted by molar-refractivity contribution is -0.171. The lowest BCUT2D eigenvalue weighted by Gasteiger charge is -2.05. The van der Waals surface area contributed by atoms with Gasteiger partial charge in [-0.15, -0.1) is 11.3 Å². The summed E-state index contributed by atoms with van der Waals surface area (Å²) in [5, 5.41) is 6.78. The Balaban J connectivity index is 0.00000120. The summed E-state index contributed by atoms with van der Waals surface area (Å²) in [7, 11) is 0. The topological polar surface area (TPSA) is 38.5 Å². The van der Waals surface area contributed by atoms with E-state index >= 15 is 0 Å². The van der Waals surface area contributed by atoms with Crippen LogP contribution in [0.1, 0.15) is 11.1 Å². The predicted octanol–water partition coefficient (Wildman–Crippen LogP) is -1.32. The highest BCUT2D eigenvalue weighted by atomic mass is 35.5. The summed E-state index contributed by atoms with van der Waals surface area (Å²) in [5.74, 6) is 0. The largest absolute Gasteiger partial charge is 1.00 e. The number of hydrogen-bond donors (Lipinski definition) is 1. The maximum absolute atomic E-state index is 6.02. The van der Waals surface area contributed by atoms with E-state index in [1.54, 1.807) is 11.3 Å². The highest BCUT2D eigenvalue weighted by Gasteiger charge is 2.12. The molecule has 3 rings (SSSR count). The van der Waals surface area contributed by atoms with Gasteiger partial charge in [0.25, 0.3) is 0 Å². The molecule has 92 valence electrons. The second-order valence-electron chi connectivity index (χ2n) is 4.39. The molecule has 0 atom stereocenters. The number of hydrogen-bond acceptors (Lipinski definition) is 2. The van der Waals surface area contributed by atoms with E-state index in [0.29, 0.717) is 0 Å². The van der Waals surface area contributed by atoms with Crippen LogP contribution in [0, 0.1) is 13.8 Å². The van der Waals surface area contributed by atoms with Crippen LogP contribution >= 0.6 is 11.3 Å². The van der Waals surface area contributed by atoms with Crippen LogP contribution in [0.4, 0.5) is 0 Å². The summed E-state index contributed by atoms with van der Waals surface area (Å²) in [4.78, 5) is 5.80. The van der Waals surface area contributed by atoms with Crippen molar-refractivity contribution >= 4 is 21.6 Å². The molecule has 1 aliphatic carbocycles. The summed E-state index contributed by atoms with van der Waals surface area (Å²) in [6.45, 7) is 4.16. The van der Waals surface area contributed by atoms with Gasteiger partial charge in [0.15, 0.2) is 5.69 Å². The number of fused-ring (bicyclic) bond motifs is 2. The third-order valence-electron chi connectivity index (χ3n) is 2.82. The lowest BCUT2D eigenvalue weighted by atomic mass is 10.1. The van der Waals surface area contributed by atoms with Gasteiger partial charge in [0.05, 0.1) is 15.1 Å². The molecule has 2 aliphatic rings. The van der Waals surface area contributed by atoms with Gasteiger partial charge >= 0.3 is 0 Å². The molecule has 1 aromatic carbocycles. The molecule has 0 saturated heterocycles. The van der Waals surface area contributed by atoms with E-state index < -0.39 is 0 Å². The Morgan fingerprint density at radius 2 is 1.83 bits per heavy atom. The summed E-state index contributed by atoms with van der Waals surface area (Å²) >= 11 is 1.75. The fraction of sp³-hybridized carbons (Fsp3) is 0.143. The Labute approximate surface area is 116 Å². The number of nitrogens with two attached hydrogens (primary N) is 1. The summed E-state index contributed by atoms with van der Waals surface area (Å²) in [5.41, 5.74) is 4.37. The minimum Gasteiger partial charge on any atom is -1.00 e. The zero-order chi connectivity index (χ0) is 12.0. The highest BCUT2D eigenvalue weighted by Crippen LogP contribution is 2.29. The average molecular weight is 277 g/mol. The van der Waals surface area contributed by atoms with Gasteiger partial charge in [0, 0.05) is 6.07 Å². The van der Waals surface area contributed by atoms with Gasteiger partial charge < -0.3 is 12.4 Å². The van der Waals surface area contributed by atoms with Crippen LogP contribution < -0.4 is 23.2 Å². The van der Waals surface area contributed by atoms with Crippen molar-refractivity contribution in [3.63, 3.8) is 0 Å². The number of aryl methyl sites for hydroxylation is 2. The number of aromatic nitrogens is 1. The zero-order valence-corrected chi connectivity index (χ0v) is 11.8. The number of halogens is 1. The van der Waals surface area contributed by atoms with Crippen LogP contribution in [0.25, 0.3) is 20.8 Å². The molecular formula is C14H13ClN2S. The third-order valence-corrected chi connectivity index (χ3v) is 3.89. The fourth-order valence-corrected chi connectivity index (χ4v) is 3.21. The van der Waals surface area contributed by atoms with Crippen LogP contribution in [-0.4, -0.2) is 4.98 Å². The van der Waals surface area contributed by atoms with E-state index in [1.807, 2.05) is 6.07 Å². The molecule has 0 amide bonds. The van der Waals surface area contributed by atoms with Crippen molar-refractivity contribution in [2.75, 3.05) is 0 Å². The molecule has 0 bridgehead atoms. The molecule has 1 aliphatic heterocycles. The Bertz CT molecular complexity index is 749. The molecular weight excluding hydrogens is 264 g/mol. The van der Waals surface area contributed by atoms with Crippen molar-refractivity contribution in [1.82, 2.24) is 4.98 Å². The first-order valence-electron chi connectivity index (χ1n) is 5.54. The number of rotatable bonds is 0. The molecule has 1 aromatic rings. The summed E-state index contributed by atoms with van der Waals surface area (Å²) in [6.07, 6.45) is 0. The van der Waals surface area contributed by atoms with Crippen LogP contribution in [0.15, 0.2) is 30.3 Å². The normalized spacial score (nSPS) is 10.6. The SMILES string of the molecule is Cc1cc2sc3cc(C)ccc3nc-2c(=[NH2+])c1.[Cl-]. The summed E-state index contributed by atoms with van der Waals surface area (Å²) < 4.78 is 1.21. The van der Waals surface area contributed by atoms with E-state index in [4.69, 9.17) is 5.41 Å². The van der Waals surface area contributed by atoms with Crippen molar-refractivity contribution in [3.8, 4) is 10.6 Å². The van der Waals surface area contributed by atoms with E-state index in [-0.39, 0.29) is 12.4 Å². The third kappa shape index (κ3) is 2.11. The van der Waals surface area contributed by atoms with Gasteiger partial charge in [-0.05, 0) is 43.2 Å². The van der Waals surface area contributed by atoms with Gasteiger partial charge in [0.1, 0.15) is 0 Å². The maximum Gasteiger partial charge on any atom is 0.224 e. The smallest absolute Gasteiger partial charge is 0.224 e. The monoisotopic (exact) mass is 276 g/mol. The second-order valence-corrected chi connectivity index (χ2v) is 5.47. The first-order valence-corrected chi connectivity index (χ1v) is 6.35. The molecule has 0 saturated carbocycles. The molecule has 0 fully saturated rings. The number of nitrogens with zero attached hydrogens (tertiary/aromatic N) is 1. The van der Waals surface area contributed by atoms with Crippen molar-refractivity contribution in [2.45, 2.75) is 13.8 Å². The molecule has 2 N–H and O–H groups in total. The predicted molar refractivity (Wildman–Crippen MR) is 70.8 cm³/mol. The standard InChI is InChI=1S/C14H12N2S.ClH/c1-8-3-4-11-12(6-8)17-13-7-9(2)5-10(15)14(13)16-11;/h3-7,15H,1-2H3;1H. The van der Waals surface area contributed by atoms with Gasteiger partial charge in [-0.1, -0.05) is 6.07 Å². The molecule has 4 heteroatoms. The summed E-state index contributed by atoms with van der Waals surface area (Å²) in [6, 6.07) is 10.4. The second kappa shape index (κ2) is 4.67. The van der Waals surface area contributed by atoms with E-state index in [1.165, 1.54) is 15.8 Å². The van der Waals surface area contributed by atoms with Gasteiger partial charge in [0.2, 0.25) is 5.36 Å². The highest BCUT2D eigenvalue weighted by molar-refractivity contribution is 7.21. The quantitative estimate of drug-likeness (QED) is 0.509. The molecule has 0 aromatic heterocycles. The molecule has 1 heterocycles. The van der Waals surface area contributed by atoms with Crippen molar-refractivity contribution < 1.29 is 17.8 Å². The first kappa shape index (κ1) is 13.0. The Kier molecular flexibility index (Phi) is 3.37. The van der Waals surface area contributed by atoms with Gasteiger partial charge in [-0.25, -0.2) is 4.98 Å². The van der Waals surface area contributed by atoms with Crippen molar-refractivity contribution in [1.29, 1.82) is 0 Å². The molecule has 0 radical (unpaired) electrons. The van der Waals surface area contributed by atoms with Crippen LogP contribution in [0.5, 0.6) is 0 Å². The lowest BCUT2D eigenvalue weighted by Crippen LogP contribution is -3.00. The first-order chi connectivity index (χ1) is 8.13. The molecule has 0 unspecified atom stereocenters. The van der Waals surface area contributed by atoms with Crippen molar-refractivity contribution in [2.24, 2.45) is 0 Å². The molecule has 2 nitrogen and oxygen atoms in total. The van der Waals surface area contributed by atoms with Crippen LogP contribution in [-0.2, 0) is 0 Å². The van der Waals surface area contributed by atoms with Crippen LogP contribution in [0.2, 0.25) is 0 Å². The zero-order valence-electron chi connectivity index (χ0n) is 10.2. The van der Waals surface area contributed by atoms with E-state index in [9.17, 15) is 0 Å². The average Bonchev–Trinajstić information content (AvgIpc) is 2.26. The minimum absolute atomic E-state index is 0. The molecule has 0 spiro atoms. The minimum atomic E-state index is 0. The van der Waals surface area contributed by atoms with E-state index in [2.05, 4.69) is 43.1 Å². The Morgan fingerprint density at radius 1 is 1.06 bits per heavy atom. The van der Waals surface area contributed by atoms with Gasteiger partial charge in [-0.3, -0.25) is 5.41 Å². The number of benzene rings is 2. The van der Waals surface area contributed by atoms with Gasteiger partial charge in [-0.2, -0.15) is 0 Å². The Morgan fingerprint density at radius 3 is 2.61 bits per heavy atom. The van der Waals surface area contributed by atoms with E-state index in [0.717, 1.165) is 21.4 Å². The fourth-order valence-electron chi connectivity index (χ4n) is 2.00.